The molecule has 0 saturated carbocycles. The quantitative estimate of drug-likeness (QED) is 0.374. The fourth-order valence-electron chi connectivity index (χ4n) is 1.69. The molecule has 0 saturated heterocycles. The maximum absolute atomic E-state index is 11.6. The van der Waals surface area contributed by atoms with Gasteiger partial charge in [0.05, 0.1) is 6.61 Å². The highest BCUT2D eigenvalue weighted by molar-refractivity contribution is 9.10. The minimum absolute atomic E-state index is 0.192. The number of rotatable bonds is 9. The van der Waals surface area contributed by atoms with Crippen LogP contribution in [0.4, 0.5) is 0 Å². The van der Waals surface area contributed by atoms with Gasteiger partial charge in [-0.3, -0.25) is 9.59 Å². The molecule has 1 aromatic rings. The monoisotopic (exact) mass is 370 g/mol. The lowest BCUT2D eigenvalue weighted by Crippen LogP contribution is -2.26. The SMILES string of the molecule is CC(C)(Br)C(=O)OCCCCCC(=O)OCc1ccccc1. The lowest BCUT2D eigenvalue weighted by molar-refractivity contribution is -0.146. The van der Waals surface area contributed by atoms with Crippen molar-refractivity contribution < 1.29 is 19.1 Å². The lowest BCUT2D eigenvalue weighted by Gasteiger charge is -2.14. The second-order valence-corrected chi connectivity index (χ2v) is 7.55. The Morgan fingerprint density at radius 2 is 1.73 bits per heavy atom. The van der Waals surface area contributed by atoms with Gasteiger partial charge in [0.15, 0.2) is 0 Å². The van der Waals surface area contributed by atoms with Crippen LogP contribution in [-0.4, -0.2) is 22.9 Å². The van der Waals surface area contributed by atoms with Gasteiger partial charge in [0.1, 0.15) is 10.9 Å². The molecule has 122 valence electrons. The van der Waals surface area contributed by atoms with Gasteiger partial charge in [0, 0.05) is 6.42 Å². The largest absolute Gasteiger partial charge is 0.465 e. The van der Waals surface area contributed by atoms with Crippen molar-refractivity contribution >= 4 is 27.9 Å². The summed E-state index contributed by atoms with van der Waals surface area (Å²) in [7, 11) is 0. The molecule has 0 N–H and O–H groups in total. The number of carbonyl (C=O) groups excluding carboxylic acids is 2. The van der Waals surface area contributed by atoms with E-state index in [4.69, 9.17) is 9.47 Å². The Morgan fingerprint density at radius 3 is 2.36 bits per heavy atom. The van der Waals surface area contributed by atoms with Gasteiger partial charge in [-0.25, -0.2) is 0 Å². The first-order chi connectivity index (χ1) is 10.4. The molecule has 0 spiro atoms. The highest BCUT2D eigenvalue weighted by atomic mass is 79.9. The molecular formula is C17H23BrO4. The van der Waals surface area contributed by atoms with Crippen LogP contribution in [0.1, 0.15) is 45.1 Å². The van der Waals surface area contributed by atoms with E-state index in [0.717, 1.165) is 24.8 Å². The summed E-state index contributed by atoms with van der Waals surface area (Å²) in [5.41, 5.74) is 0.986. The smallest absolute Gasteiger partial charge is 0.322 e. The number of halogens is 1. The van der Waals surface area contributed by atoms with Crippen LogP contribution < -0.4 is 0 Å². The number of hydrogen-bond acceptors (Lipinski definition) is 4. The van der Waals surface area contributed by atoms with Gasteiger partial charge in [-0.15, -0.1) is 0 Å². The molecule has 0 aromatic heterocycles. The number of benzene rings is 1. The molecule has 0 heterocycles. The number of ether oxygens (including phenoxy) is 2. The molecule has 1 aromatic carbocycles. The van der Waals surface area contributed by atoms with Crippen molar-refractivity contribution in [3.63, 3.8) is 0 Å². The summed E-state index contributed by atoms with van der Waals surface area (Å²) in [4.78, 5) is 23.1. The number of esters is 2. The van der Waals surface area contributed by atoms with Crippen LogP contribution in [-0.2, 0) is 25.7 Å². The van der Waals surface area contributed by atoms with E-state index in [1.807, 2.05) is 30.3 Å². The predicted octanol–water partition coefficient (Wildman–Crippen LogP) is 4.01. The van der Waals surface area contributed by atoms with E-state index in [1.165, 1.54) is 0 Å². The Balaban J connectivity index is 2.03. The first-order valence-electron chi connectivity index (χ1n) is 7.45. The summed E-state index contributed by atoms with van der Waals surface area (Å²) in [5, 5.41) is 0. The average Bonchev–Trinajstić information content (AvgIpc) is 2.48. The molecule has 0 radical (unpaired) electrons. The van der Waals surface area contributed by atoms with Crippen LogP contribution in [0.5, 0.6) is 0 Å². The van der Waals surface area contributed by atoms with Gasteiger partial charge in [0.25, 0.3) is 0 Å². The number of alkyl halides is 1. The molecule has 0 amide bonds. The predicted molar refractivity (Wildman–Crippen MR) is 88.7 cm³/mol. The van der Waals surface area contributed by atoms with Gasteiger partial charge >= 0.3 is 11.9 Å². The van der Waals surface area contributed by atoms with Gasteiger partial charge in [0.2, 0.25) is 0 Å². The number of hydrogen-bond donors (Lipinski definition) is 0. The van der Waals surface area contributed by atoms with Crippen molar-refractivity contribution in [2.75, 3.05) is 6.61 Å². The van der Waals surface area contributed by atoms with E-state index in [2.05, 4.69) is 15.9 Å². The Kier molecular flexibility index (Phi) is 8.17. The zero-order valence-corrected chi connectivity index (χ0v) is 14.7. The fourth-order valence-corrected chi connectivity index (χ4v) is 1.81. The Hall–Kier alpha value is -1.36. The third kappa shape index (κ3) is 8.17. The first kappa shape index (κ1) is 18.7. The molecular weight excluding hydrogens is 348 g/mol. The van der Waals surface area contributed by atoms with Gasteiger partial charge < -0.3 is 9.47 Å². The van der Waals surface area contributed by atoms with Crippen molar-refractivity contribution in [1.82, 2.24) is 0 Å². The van der Waals surface area contributed by atoms with E-state index >= 15 is 0 Å². The molecule has 0 atom stereocenters. The molecule has 1 rings (SSSR count). The number of unbranched alkanes of at least 4 members (excludes halogenated alkanes) is 2. The number of carbonyl (C=O) groups is 2. The zero-order valence-electron chi connectivity index (χ0n) is 13.1. The minimum atomic E-state index is -0.645. The molecule has 0 fully saturated rings. The van der Waals surface area contributed by atoms with Crippen molar-refractivity contribution in [2.45, 2.75) is 50.5 Å². The molecule has 0 unspecified atom stereocenters. The van der Waals surface area contributed by atoms with Crippen LogP contribution in [0.25, 0.3) is 0 Å². The standard InChI is InChI=1S/C17H23BrO4/c1-17(2,18)16(20)21-12-8-4-7-11-15(19)22-13-14-9-5-3-6-10-14/h3,5-6,9-10H,4,7-8,11-13H2,1-2H3. The van der Waals surface area contributed by atoms with Crippen LogP contribution in [0.3, 0.4) is 0 Å². The van der Waals surface area contributed by atoms with Gasteiger partial charge in [-0.05, 0) is 38.7 Å². The van der Waals surface area contributed by atoms with Crippen LogP contribution in [0, 0.1) is 0 Å². The molecule has 0 bridgehead atoms. The highest BCUT2D eigenvalue weighted by Gasteiger charge is 2.24. The summed E-state index contributed by atoms with van der Waals surface area (Å²) < 4.78 is 9.66. The first-order valence-corrected chi connectivity index (χ1v) is 8.24. The molecule has 22 heavy (non-hydrogen) atoms. The Labute approximate surface area is 140 Å². The van der Waals surface area contributed by atoms with Crippen LogP contribution >= 0.6 is 15.9 Å². The van der Waals surface area contributed by atoms with Gasteiger partial charge in [-0.2, -0.15) is 0 Å². The van der Waals surface area contributed by atoms with E-state index in [1.54, 1.807) is 13.8 Å². The lowest BCUT2D eigenvalue weighted by atomic mass is 10.2. The normalized spacial score (nSPS) is 11.0. The van der Waals surface area contributed by atoms with Crippen molar-refractivity contribution in [2.24, 2.45) is 0 Å². The van der Waals surface area contributed by atoms with Crippen molar-refractivity contribution in [3.8, 4) is 0 Å². The van der Waals surface area contributed by atoms with Crippen molar-refractivity contribution in [3.05, 3.63) is 35.9 Å². The minimum Gasteiger partial charge on any atom is -0.465 e. The van der Waals surface area contributed by atoms with E-state index in [9.17, 15) is 9.59 Å². The highest BCUT2D eigenvalue weighted by Crippen LogP contribution is 2.17. The van der Waals surface area contributed by atoms with Gasteiger partial charge in [-0.1, -0.05) is 46.3 Å². The fraction of sp³-hybridized carbons (Fsp3) is 0.529. The second kappa shape index (κ2) is 9.62. The zero-order chi connectivity index (χ0) is 16.4. The van der Waals surface area contributed by atoms with E-state index in [-0.39, 0.29) is 11.9 Å². The summed E-state index contributed by atoms with van der Waals surface area (Å²) >= 11 is 3.25. The van der Waals surface area contributed by atoms with Crippen LogP contribution in [0.15, 0.2) is 30.3 Å². The van der Waals surface area contributed by atoms with Crippen LogP contribution in [0.2, 0.25) is 0 Å². The summed E-state index contributed by atoms with van der Waals surface area (Å²) in [5.74, 6) is -0.461. The average molecular weight is 371 g/mol. The second-order valence-electron chi connectivity index (χ2n) is 5.57. The molecule has 4 nitrogen and oxygen atoms in total. The van der Waals surface area contributed by atoms with E-state index in [0.29, 0.717) is 19.6 Å². The molecule has 0 aliphatic carbocycles. The maximum atomic E-state index is 11.6. The summed E-state index contributed by atoms with van der Waals surface area (Å²) in [6.45, 7) is 4.20. The topological polar surface area (TPSA) is 52.6 Å². The van der Waals surface area contributed by atoms with Crippen molar-refractivity contribution in [1.29, 1.82) is 0 Å². The summed E-state index contributed by atoms with van der Waals surface area (Å²) in [6.07, 6.45) is 2.71. The van der Waals surface area contributed by atoms with E-state index < -0.39 is 4.32 Å². The Morgan fingerprint density at radius 1 is 1.05 bits per heavy atom. The maximum Gasteiger partial charge on any atom is 0.322 e. The summed E-state index contributed by atoms with van der Waals surface area (Å²) in [6, 6.07) is 9.60. The third-order valence-electron chi connectivity index (χ3n) is 2.99. The molecule has 0 aliphatic rings. The third-order valence-corrected chi connectivity index (χ3v) is 3.31. The molecule has 5 heteroatoms. The molecule has 0 aliphatic heterocycles. The Bertz CT molecular complexity index is 465.